The van der Waals surface area contributed by atoms with E-state index in [0.29, 0.717) is 28.3 Å². The number of halogens is 1. The summed E-state index contributed by atoms with van der Waals surface area (Å²) >= 11 is 3.34. The van der Waals surface area contributed by atoms with Crippen LogP contribution in [0, 0.1) is 6.92 Å². The summed E-state index contributed by atoms with van der Waals surface area (Å²) < 4.78 is 0.821. The van der Waals surface area contributed by atoms with E-state index in [4.69, 9.17) is 5.73 Å². The van der Waals surface area contributed by atoms with Crippen molar-refractivity contribution >= 4 is 39.2 Å². The minimum Gasteiger partial charge on any atom is -0.399 e. The number of amides is 2. The number of carbonyl (C=O) groups excluding carboxylic acids is 2. The van der Waals surface area contributed by atoms with Crippen molar-refractivity contribution in [2.75, 3.05) is 10.6 Å². The van der Waals surface area contributed by atoms with Crippen molar-refractivity contribution in [3.8, 4) is 0 Å². The van der Waals surface area contributed by atoms with Gasteiger partial charge >= 0.3 is 0 Å². The number of carbonyl (C=O) groups is 2. The molecule has 0 atom stereocenters. The predicted molar refractivity (Wildman–Crippen MR) is 78.7 cm³/mol. The molecule has 0 saturated heterocycles. The van der Waals surface area contributed by atoms with E-state index < -0.39 is 5.91 Å². The summed E-state index contributed by atoms with van der Waals surface area (Å²) in [5.41, 5.74) is 7.49. The molecule has 1 aliphatic rings. The number of benzene rings is 1. The highest BCUT2D eigenvalue weighted by Crippen LogP contribution is 2.29. The van der Waals surface area contributed by atoms with Crippen LogP contribution in [-0.4, -0.2) is 16.8 Å². The number of hydrogen-bond donors (Lipinski definition) is 1. The lowest BCUT2D eigenvalue weighted by Crippen LogP contribution is -2.30. The molecule has 0 bridgehead atoms. The molecule has 1 aliphatic heterocycles. The lowest BCUT2D eigenvalue weighted by Gasteiger charge is -2.13. The van der Waals surface area contributed by atoms with Crippen LogP contribution in [0.25, 0.3) is 0 Å². The van der Waals surface area contributed by atoms with Gasteiger partial charge in [-0.1, -0.05) is 0 Å². The smallest absolute Gasteiger partial charge is 0.267 e. The molecular formula is C14H10BrN3O2. The monoisotopic (exact) mass is 331 g/mol. The molecule has 0 fully saturated rings. The minimum atomic E-state index is -0.397. The topological polar surface area (TPSA) is 76.3 Å². The molecule has 2 heterocycles. The second-order valence-electron chi connectivity index (χ2n) is 4.49. The highest BCUT2D eigenvalue weighted by Gasteiger charge is 2.37. The Balaban J connectivity index is 2.11. The second kappa shape index (κ2) is 4.42. The van der Waals surface area contributed by atoms with Gasteiger partial charge in [-0.25, -0.2) is 9.88 Å². The van der Waals surface area contributed by atoms with Gasteiger partial charge in [0.2, 0.25) is 0 Å². The Morgan fingerprint density at radius 1 is 1.10 bits per heavy atom. The molecule has 0 saturated carbocycles. The molecule has 6 heteroatoms. The standard InChI is InChI=1S/C14H10BrN3O2/c1-7-11(15)4-5-12(17-7)18-13(19)9-3-2-8(16)6-10(9)14(18)20/h2-6H,16H2,1H3. The average molecular weight is 332 g/mol. The van der Waals surface area contributed by atoms with Crippen molar-refractivity contribution in [2.24, 2.45) is 0 Å². The van der Waals surface area contributed by atoms with E-state index in [1.807, 2.05) is 0 Å². The van der Waals surface area contributed by atoms with Crippen LogP contribution in [0.4, 0.5) is 11.5 Å². The fourth-order valence-electron chi connectivity index (χ4n) is 2.12. The van der Waals surface area contributed by atoms with E-state index in [0.717, 1.165) is 9.37 Å². The van der Waals surface area contributed by atoms with Gasteiger partial charge in [-0.05, 0) is 53.2 Å². The fraction of sp³-hybridized carbons (Fsp3) is 0.0714. The van der Waals surface area contributed by atoms with Crippen LogP contribution in [0.5, 0.6) is 0 Å². The molecule has 0 radical (unpaired) electrons. The zero-order chi connectivity index (χ0) is 14.4. The summed E-state index contributed by atoms with van der Waals surface area (Å²) in [6, 6.07) is 8.07. The van der Waals surface area contributed by atoms with E-state index >= 15 is 0 Å². The number of hydrogen-bond acceptors (Lipinski definition) is 4. The number of rotatable bonds is 1. The number of anilines is 2. The Labute approximate surface area is 123 Å². The van der Waals surface area contributed by atoms with Gasteiger partial charge in [0.15, 0.2) is 0 Å². The molecule has 0 unspecified atom stereocenters. The van der Waals surface area contributed by atoms with Crippen molar-refractivity contribution in [3.63, 3.8) is 0 Å². The molecule has 0 aliphatic carbocycles. The number of aryl methyl sites for hydroxylation is 1. The number of fused-ring (bicyclic) bond motifs is 1. The number of nitrogen functional groups attached to an aromatic ring is 1. The molecule has 2 N–H and O–H groups in total. The maximum absolute atomic E-state index is 12.4. The zero-order valence-electron chi connectivity index (χ0n) is 10.6. The third-order valence-electron chi connectivity index (χ3n) is 3.15. The fourth-order valence-corrected chi connectivity index (χ4v) is 2.34. The summed E-state index contributed by atoms with van der Waals surface area (Å²) in [6.45, 7) is 1.80. The zero-order valence-corrected chi connectivity index (χ0v) is 12.1. The Morgan fingerprint density at radius 3 is 2.50 bits per heavy atom. The number of imide groups is 1. The Morgan fingerprint density at radius 2 is 1.80 bits per heavy atom. The molecular weight excluding hydrogens is 322 g/mol. The van der Waals surface area contributed by atoms with Gasteiger partial charge in [0.1, 0.15) is 5.82 Å². The number of nitrogens with two attached hydrogens (primary N) is 1. The highest BCUT2D eigenvalue weighted by atomic mass is 79.9. The van der Waals surface area contributed by atoms with Gasteiger partial charge in [0, 0.05) is 10.2 Å². The van der Waals surface area contributed by atoms with E-state index in [9.17, 15) is 9.59 Å². The summed E-state index contributed by atoms with van der Waals surface area (Å²) in [7, 11) is 0. The van der Waals surface area contributed by atoms with Gasteiger partial charge in [0.25, 0.3) is 11.8 Å². The molecule has 2 amide bonds. The molecule has 20 heavy (non-hydrogen) atoms. The Hall–Kier alpha value is -2.21. The van der Waals surface area contributed by atoms with Crippen LogP contribution < -0.4 is 10.6 Å². The number of aromatic nitrogens is 1. The third kappa shape index (κ3) is 1.80. The quantitative estimate of drug-likeness (QED) is 0.643. The summed E-state index contributed by atoms with van der Waals surface area (Å²) in [6.07, 6.45) is 0. The molecule has 100 valence electrons. The first-order valence-corrected chi connectivity index (χ1v) is 6.70. The summed E-state index contributed by atoms with van der Waals surface area (Å²) in [4.78, 5) is 30.0. The van der Waals surface area contributed by atoms with Gasteiger partial charge in [0.05, 0.1) is 16.8 Å². The first kappa shape index (κ1) is 12.8. The Bertz CT molecular complexity index is 758. The number of pyridine rings is 1. The average Bonchev–Trinajstić information content (AvgIpc) is 2.65. The van der Waals surface area contributed by atoms with Gasteiger partial charge in [-0.2, -0.15) is 0 Å². The largest absolute Gasteiger partial charge is 0.399 e. The van der Waals surface area contributed by atoms with Crippen molar-refractivity contribution in [2.45, 2.75) is 6.92 Å². The van der Waals surface area contributed by atoms with Gasteiger partial charge in [-0.15, -0.1) is 0 Å². The van der Waals surface area contributed by atoms with Gasteiger partial charge < -0.3 is 5.73 Å². The van der Waals surface area contributed by atoms with Crippen molar-refractivity contribution in [3.05, 3.63) is 51.6 Å². The maximum atomic E-state index is 12.4. The van der Waals surface area contributed by atoms with E-state index in [1.54, 1.807) is 31.2 Å². The summed E-state index contributed by atoms with van der Waals surface area (Å²) in [5.74, 6) is -0.457. The van der Waals surface area contributed by atoms with Gasteiger partial charge in [-0.3, -0.25) is 9.59 Å². The van der Waals surface area contributed by atoms with E-state index in [1.165, 1.54) is 6.07 Å². The molecule has 1 aromatic carbocycles. The molecule has 0 spiro atoms. The van der Waals surface area contributed by atoms with Crippen LogP contribution >= 0.6 is 15.9 Å². The van der Waals surface area contributed by atoms with Crippen LogP contribution in [0.2, 0.25) is 0 Å². The lowest BCUT2D eigenvalue weighted by atomic mass is 10.1. The molecule has 3 rings (SSSR count). The van der Waals surface area contributed by atoms with Crippen LogP contribution in [-0.2, 0) is 0 Å². The molecule has 5 nitrogen and oxygen atoms in total. The normalized spacial score (nSPS) is 13.8. The number of nitrogens with zero attached hydrogens (tertiary/aromatic N) is 2. The highest BCUT2D eigenvalue weighted by molar-refractivity contribution is 9.10. The SMILES string of the molecule is Cc1nc(N2C(=O)c3ccc(N)cc3C2=O)ccc1Br. The van der Waals surface area contributed by atoms with Crippen molar-refractivity contribution in [1.82, 2.24) is 4.98 Å². The Kier molecular flexibility index (Phi) is 2.83. The molecule has 1 aromatic heterocycles. The first-order chi connectivity index (χ1) is 9.49. The second-order valence-corrected chi connectivity index (χ2v) is 5.34. The predicted octanol–water partition coefficient (Wildman–Crippen LogP) is 2.54. The third-order valence-corrected chi connectivity index (χ3v) is 3.98. The summed E-state index contributed by atoms with van der Waals surface area (Å²) in [5, 5.41) is 0. The van der Waals surface area contributed by atoms with E-state index in [-0.39, 0.29) is 5.91 Å². The van der Waals surface area contributed by atoms with E-state index in [2.05, 4.69) is 20.9 Å². The minimum absolute atomic E-state index is 0.315. The van der Waals surface area contributed by atoms with Crippen molar-refractivity contribution < 1.29 is 9.59 Å². The molecule has 2 aromatic rings. The van der Waals surface area contributed by atoms with Crippen LogP contribution in [0.15, 0.2) is 34.8 Å². The van der Waals surface area contributed by atoms with Crippen LogP contribution in [0.3, 0.4) is 0 Å². The first-order valence-electron chi connectivity index (χ1n) is 5.90. The van der Waals surface area contributed by atoms with Crippen LogP contribution in [0.1, 0.15) is 26.4 Å². The van der Waals surface area contributed by atoms with Crippen molar-refractivity contribution in [1.29, 1.82) is 0 Å². The maximum Gasteiger partial charge on any atom is 0.267 e. The lowest BCUT2D eigenvalue weighted by molar-refractivity contribution is 0.0925.